The Balaban J connectivity index is 1.46. The van der Waals surface area contributed by atoms with Crippen LogP contribution in [0.2, 0.25) is 0 Å². The number of aryl methyl sites for hydroxylation is 2. The Morgan fingerprint density at radius 2 is 2.03 bits per heavy atom. The Bertz CT molecular complexity index is 1270. The Morgan fingerprint density at radius 3 is 2.76 bits per heavy atom. The number of amidine groups is 1. The molecule has 34 heavy (non-hydrogen) atoms. The second kappa shape index (κ2) is 8.93. The molecule has 2 aromatic carbocycles. The quantitative estimate of drug-likeness (QED) is 0.523. The summed E-state index contributed by atoms with van der Waals surface area (Å²) in [6, 6.07) is 8.73. The molecule has 8 heteroatoms. The standard InChI is InChI=1S/C26H26F2N4O2/c1-16-9-20(12-21(27)25(16)28)23-14-34-30-26-19(5-4-8-32(23)26)10-18-6-7-22(24(11-18)33-3)31-13-17(2)29-15-31/h6-7,9-13,15,23H,4-5,8,14H2,1-3H3/b19-10+. The summed E-state index contributed by atoms with van der Waals surface area (Å²) in [5.41, 5.74) is 4.81. The molecule has 3 aromatic rings. The third-order valence-corrected chi connectivity index (χ3v) is 6.32. The number of aromatic nitrogens is 2. The smallest absolute Gasteiger partial charge is 0.172 e. The van der Waals surface area contributed by atoms with Gasteiger partial charge in [0, 0.05) is 12.7 Å². The monoisotopic (exact) mass is 464 g/mol. The number of hydrogen-bond donors (Lipinski definition) is 0. The van der Waals surface area contributed by atoms with E-state index in [0.717, 1.165) is 53.5 Å². The van der Waals surface area contributed by atoms with Crippen LogP contribution in [0.1, 0.15) is 41.3 Å². The van der Waals surface area contributed by atoms with E-state index in [1.165, 1.54) is 6.07 Å². The van der Waals surface area contributed by atoms with Crippen molar-refractivity contribution in [3.63, 3.8) is 0 Å². The van der Waals surface area contributed by atoms with Crippen LogP contribution in [0.5, 0.6) is 5.75 Å². The van der Waals surface area contributed by atoms with Gasteiger partial charge in [-0.25, -0.2) is 13.8 Å². The molecule has 0 N–H and O–H groups in total. The van der Waals surface area contributed by atoms with E-state index in [1.54, 1.807) is 26.4 Å². The molecule has 1 saturated heterocycles. The van der Waals surface area contributed by atoms with Crippen molar-refractivity contribution in [3.05, 3.63) is 82.4 Å². The van der Waals surface area contributed by atoms with Gasteiger partial charge in [0.05, 0.1) is 30.9 Å². The zero-order valence-electron chi connectivity index (χ0n) is 19.4. The maximum absolute atomic E-state index is 14.1. The average molecular weight is 465 g/mol. The van der Waals surface area contributed by atoms with E-state index in [1.807, 2.05) is 35.9 Å². The lowest BCUT2D eigenvalue weighted by molar-refractivity contribution is 0.0573. The van der Waals surface area contributed by atoms with Gasteiger partial charge in [-0.15, -0.1) is 0 Å². The molecule has 5 rings (SSSR count). The van der Waals surface area contributed by atoms with Gasteiger partial charge in [-0.05, 0) is 73.2 Å². The molecule has 0 radical (unpaired) electrons. The molecule has 0 bridgehead atoms. The van der Waals surface area contributed by atoms with E-state index in [9.17, 15) is 8.78 Å². The van der Waals surface area contributed by atoms with Gasteiger partial charge >= 0.3 is 0 Å². The minimum Gasteiger partial charge on any atom is -0.495 e. The van der Waals surface area contributed by atoms with Crippen LogP contribution in [-0.2, 0) is 4.84 Å². The highest BCUT2D eigenvalue weighted by Crippen LogP contribution is 2.34. The van der Waals surface area contributed by atoms with Gasteiger partial charge in [-0.1, -0.05) is 17.3 Å². The van der Waals surface area contributed by atoms with Gasteiger partial charge in [-0.2, -0.15) is 0 Å². The zero-order valence-corrected chi connectivity index (χ0v) is 19.4. The summed E-state index contributed by atoms with van der Waals surface area (Å²) >= 11 is 0. The van der Waals surface area contributed by atoms with E-state index in [-0.39, 0.29) is 18.2 Å². The Morgan fingerprint density at radius 1 is 1.18 bits per heavy atom. The fourth-order valence-corrected chi connectivity index (χ4v) is 4.63. The lowest BCUT2D eigenvalue weighted by atomic mass is 9.95. The first-order chi connectivity index (χ1) is 16.4. The normalized spacial score (nSPS) is 19.0. The number of nitrogens with zero attached hydrogens (tertiary/aromatic N) is 4. The van der Waals surface area contributed by atoms with Crippen molar-refractivity contribution in [2.24, 2.45) is 5.16 Å². The fraction of sp³-hybridized carbons (Fsp3) is 0.308. The van der Waals surface area contributed by atoms with Crippen LogP contribution < -0.4 is 4.74 Å². The number of hydrogen-bond acceptors (Lipinski definition) is 5. The van der Waals surface area contributed by atoms with Crippen LogP contribution in [0, 0.1) is 25.5 Å². The van der Waals surface area contributed by atoms with Gasteiger partial charge in [-0.3, -0.25) is 0 Å². The highest BCUT2D eigenvalue weighted by Gasteiger charge is 2.33. The second-order valence-corrected chi connectivity index (χ2v) is 8.68. The Hall–Kier alpha value is -3.68. The molecule has 0 saturated carbocycles. The number of methoxy groups -OCH3 is 1. The van der Waals surface area contributed by atoms with Crippen molar-refractivity contribution in [1.82, 2.24) is 14.5 Å². The summed E-state index contributed by atoms with van der Waals surface area (Å²) in [6.45, 7) is 4.57. The summed E-state index contributed by atoms with van der Waals surface area (Å²) in [4.78, 5) is 12.0. The Labute approximate surface area is 197 Å². The minimum atomic E-state index is -0.841. The number of fused-ring (bicyclic) bond motifs is 1. The molecule has 176 valence electrons. The lowest BCUT2D eigenvalue weighted by Gasteiger charge is -2.40. The van der Waals surface area contributed by atoms with Gasteiger partial charge in [0.1, 0.15) is 12.4 Å². The number of imidazole rings is 1. The highest BCUT2D eigenvalue weighted by molar-refractivity contribution is 6.03. The molecule has 1 aromatic heterocycles. The van der Waals surface area contributed by atoms with E-state index < -0.39 is 11.6 Å². The second-order valence-electron chi connectivity index (χ2n) is 8.68. The number of halogens is 2. The zero-order chi connectivity index (χ0) is 23.8. The number of rotatable bonds is 4. The van der Waals surface area contributed by atoms with Crippen LogP contribution in [0.4, 0.5) is 8.78 Å². The van der Waals surface area contributed by atoms with Gasteiger partial charge in [0.2, 0.25) is 0 Å². The molecular formula is C26H26F2N4O2. The number of benzene rings is 2. The summed E-state index contributed by atoms with van der Waals surface area (Å²) in [7, 11) is 1.65. The molecule has 3 heterocycles. The molecule has 6 nitrogen and oxygen atoms in total. The topological polar surface area (TPSA) is 51.9 Å². The van der Waals surface area contributed by atoms with Crippen LogP contribution in [0.3, 0.4) is 0 Å². The average Bonchev–Trinajstić information content (AvgIpc) is 3.28. The van der Waals surface area contributed by atoms with Crippen LogP contribution in [0.15, 0.2) is 53.6 Å². The lowest BCUT2D eigenvalue weighted by Crippen LogP contribution is -2.44. The summed E-state index contributed by atoms with van der Waals surface area (Å²) in [5.74, 6) is -0.182. The summed E-state index contributed by atoms with van der Waals surface area (Å²) in [6.07, 6.45) is 7.56. The summed E-state index contributed by atoms with van der Waals surface area (Å²) in [5, 5.41) is 4.34. The van der Waals surface area contributed by atoms with Crippen molar-refractivity contribution < 1.29 is 18.4 Å². The molecule has 2 aliphatic rings. The summed E-state index contributed by atoms with van der Waals surface area (Å²) < 4.78 is 35.5. The SMILES string of the molecule is COc1cc(/C=C2\CCCN3C2=NOCC3c2cc(C)c(F)c(F)c2)ccc1-n1cnc(C)c1. The molecule has 0 amide bonds. The highest BCUT2D eigenvalue weighted by atomic mass is 19.2. The van der Waals surface area contributed by atoms with Crippen LogP contribution >= 0.6 is 0 Å². The largest absolute Gasteiger partial charge is 0.495 e. The fourth-order valence-electron chi connectivity index (χ4n) is 4.63. The van der Waals surface area contributed by atoms with Crippen LogP contribution in [-0.4, -0.2) is 40.5 Å². The van der Waals surface area contributed by atoms with Crippen molar-refractivity contribution in [3.8, 4) is 11.4 Å². The van der Waals surface area contributed by atoms with Gasteiger partial charge in [0.15, 0.2) is 17.5 Å². The third kappa shape index (κ3) is 4.04. The Kier molecular flexibility index (Phi) is 5.81. The predicted octanol–water partition coefficient (Wildman–Crippen LogP) is 5.34. The van der Waals surface area contributed by atoms with E-state index in [4.69, 9.17) is 9.57 Å². The number of ether oxygens (including phenoxy) is 1. The first-order valence-corrected chi connectivity index (χ1v) is 11.3. The third-order valence-electron chi connectivity index (χ3n) is 6.32. The first-order valence-electron chi connectivity index (χ1n) is 11.3. The molecular weight excluding hydrogens is 438 g/mol. The molecule has 0 aliphatic carbocycles. The van der Waals surface area contributed by atoms with E-state index in [2.05, 4.69) is 21.1 Å². The maximum Gasteiger partial charge on any atom is 0.172 e. The minimum absolute atomic E-state index is 0.230. The molecule has 1 fully saturated rings. The van der Waals surface area contributed by atoms with Crippen LogP contribution in [0.25, 0.3) is 11.8 Å². The first kappa shape index (κ1) is 22.1. The van der Waals surface area contributed by atoms with Crippen molar-refractivity contribution in [2.45, 2.75) is 32.7 Å². The molecule has 0 spiro atoms. The number of oxime groups is 1. The molecule has 2 aliphatic heterocycles. The number of piperidine rings is 1. The van der Waals surface area contributed by atoms with E-state index >= 15 is 0 Å². The molecule has 1 unspecified atom stereocenters. The molecule has 1 atom stereocenters. The predicted molar refractivity (Wildman–Crippen MR) is 126 cm³/mol. The van der Waals surface area contributed by atoms with Crippen molar-refractivity contribution in [2.75, 3.05) is 20.3 Å². The maximum atomic E-state index is 14.1. The van der Waals surface area contributed by atoms with Gasteiger partial charge < -0.3 is 19.0 Å². The van der Waals surface area contributed by atoms with Gasteiger partial charge in [0.25, 0.3) is 0 Å². The van der Waals surface area contributed by atoms with Crippen molar-refractivity contribution >= 4 is 11.9 Å². The van der Waals surface area contributed by atoms with E-state index in [0.29, 0.717) is 5.56 Å². The van der Waals surface area contributed by atoms with Crippen molar-refractivity contribution in [1.29, 1.82) is 0 Å².